The van der Waals surface area contributed by atoms with Gasteiger partial charge in [0, 0.05) is 11.2 Å². The number of hydrogen-bond acceptors (Lipinski definition) is 4. The summed E-state index contributed by atoms with van der Waals surface area (Å²) in [5.74, 6) is -0.477. The molecule has 0 atom stereocenters. The number of benzene rings is 1. The third-order valence-corrected chi connectivity index (χ3v) is 4.37. The van der Waals surface area contributed by atoms with Gasteiger partial charge in [-0.15, -0.1) is 0 Å². The number of nitrogens with one attached hydrogen (secondary N) is 2. The van der Waals surface area contributed by atoms with Crippen LogP contribution in [0.4, 0.5) is 5.69 Å². The molecule has 2 N–H and O–H groups in total. The Morgan fingerprint density at radius 1 is 1.22 bits per heavy atom. The molecule has 6 nitrogen and oxygen atoms in total. The van der Waals surface area contributed by atoms with Gasteiger partial charge in [0.15, 0.2) is 0 Å². The fourth-order valence-corrected chi connectivity index (χ4v) is 2.75. The predicted octanol–water partition coefficient (Wildman–Crippen LogP) is 2.52. The lowest BCUT2D eigenvalue weighted by molar-refractivity contribution is -0.120. The van der Waals surface area contributed by atoms with Crippen molar-refractivity contribution in [1.29, 1.82) is 0 Å². The molecule has 0 aliphatic rings. The van der Waals surface area contributed by atoms with E-state index in [4.69, 9.17) is 4.74 Å². The van der Waals surface area contributed by atoms with Gasteiger partial charge in [0.05, 0.1) is 6.10 Å². The molecule has 0 saturated heterocycles. The number of hydrogen-bond donors (Lipinski definition) is 2. The molecule has 0 spiro atoms. The summed E-state index contributed by atoms with van der Waals surface area (Å²) in [6, 6.07) is 6.56. The van der Waals surface area contributed by atoms with Gasteiger partial charge in [-0.3, -0.25) is 9.52 Å². The molecular weight excluding hydrogens is 316 g/mol. The second kappa shape index (κ2) is 7.68. The summed E-state index contributed by atoms with van der Waals surface area (Å²) in [4.78, 5) is 11.8. The highest BCUT2D eigenvalue weighted by molar-refractivity contribution is 7.93. The van der Waals surface area contributed by atoms with Crippen LogP contribution < -0.4 is 14.8 Å². The van der Waals surface area contributed by atoms with E-state index in [0.717, 1.165) is 0 Å². The van der Waals surface area contributed by atoms with E-state index in [0.29, 0.717) is 17.9 Å². The Labute approximate surface area is 138 Å². The lowest BCUT2D eigenvalue weighted by Crippen LogP contribution is -2.45. The van der Waals surface area contributed by atoms with E-state index in [2.05, 4.69) is 10.0 Å². The van der Waals surface area contributed by atoms with Gasteiger partial charge in [0.1, 0.15) is 11.5 Å². The highest BCUT2D eigenvalue weighted by Crippen LogP contribution is 2.18. The number of amides is 1. The second-order valence-electron chi connectivity index (χ2n) is 6.34. The van der Waals surface area contributed by atoms with E-state index < -0.39 is 27.2 Å². The van der Waals surface area contributed by atoms with Crippen LogP contribution in [-0.4, -0.2) is 31.7 Å². The SMILES string of the molecule is CCC(C)(C)NC(=O)CS(=O)(=O)Nc1ccc(OC(C)C)cc1. The van der Waals surface area contributed by atoms with Crippen LogP contribution in [0.1, 0.15) is 41.0 Å². The molecule has 7 heteroatoms. The van der Waals surface area contributed by atoms with Gasteiger partial charge in [0.2, 0.25) is 15.9 Å². The van der Waals surface area contributed by atoms with Crippen molar-refractivity contribution in [3.05, 3.63) is 24.3 Å². The largest absolute Gasteiger partial charge is 0.491 e. The van der Waals surface area contributed by atoms with Crippen LogP contribution in [0.2, 0.25) is 0 Å². The normalized spacial score (nSPS) is 12.1. The molecule has 1 aromatic carbocycles. The van der Waals surface area contributed by atoms with E-state index in [9.17, 15) is 13.2 Å². The van der Waals surface area contributed by atoms with Crippen LogP contribution in [0.5, 0.6) is 5.75 Å². The van der Waals surface area contributed by atoms with Gasteiger partial charge >= 0.3 is 0 Å². The number of anilines is 1. The maximum atomic E-state index is 12.0. The van der Waals surface area contributed by atoms with Crippen LogP contribution in [0, 0.1) is 0 Å². The predicted molar refractivity (Wildman–Crippen MR) is 92.1 cm³/mol. The van der Waals surface area contributed by atoms with Crippen molar-refractivity contribution in [1.82, 2.24) is 5.32 Å². The van der Waals surface area contributed by atoms with Gasteiger partial charge in [-0.05, 0) is 58.4 Å². The summed E-state index contributed by atoms with van der Waals surface area (Å²) in [6.45, 7) is 9.44. The maximum absolute atomic E-state index is 12.0. The Morgan fingerprint density at radius 3 is 2.26 bits per heavy atom. The first-order valence-corrected chi connectivity index (χ1v) is 9.26. The molecule has 1 aromatic rings. The Hall–Kier alpha value is -1.76. The molecule has 0 fully saturated rings. The van der Waals surface area contributed by atoms with Crippen LogP contribution in [0.25, 0.3) is 0 Å². The van der Waals surface area contributed by atoms with Gasteiger partial charge in [-0.25, -0.2) is 8.42 Å². The summed E-state index contributed by atoms with van der Waals surface area (Å²) in [6.07, 6.45) is 0.756. The molecule has 1 rings (SSSR count). The van der Waals surface area contributed by atoms with Gasteiger partial charge < -0.3 is 10.1 Å². The quantitative estimate of drug-likeness (QED) is 0.760. The van der Waals surface area contributed by atoms with Crippen LogP contribution >= 0.6 is 0 Å². The molecule has 0 aliphatic heterocycles. The Morgan fingerprint density at radius 2 is 1.78 bits per heavy atom. The zero-order chi connectivity index (χ0) is 17.7. The van der Waals surface area contributed by atoms with Gasteiger partial charge in [0.25, 0.3) is 0 Å². The molecule has 0 aromatic heterocycles. The lowest BCUT2D eigenvalue weighted by Gasteiger charge is -2.24. The molecule has 0 saturated carbocycles. The molecule has 130 valence electrons. The minimum absolute atomic E-state index is 0.0446. The summed E-state index contributed by atoms with van der Waals surface area (Å²) in [5, 5.41) is 2.70. The minimum atomic E-state index is -3.75. The second-order valence-corrected chi connectivity index (χ2v) is 8.06. The van der Waals surface area contributed by atoms with E-state index >= 15 is 0 Å². The molecule has 0 radical (unpaired) electrons. The van der Waals surface area contributed by atoms with E-state index in [1.54, 1.807) is 24.3 Å². The van der Waals surface area contributed by atoms with E-state index in [1.807, 2.05) is 34.6 Å². The summed E-state index contributed by atoms with van der Waals surface area (Å²) < 4.78 is 32.0. The smallest absolute Gasteiger partial charge is 0.241 e. The first kappa shape index (κ1) is 19.3. The van der Waals surface area contributed by atoms with Crippen molar-refractivity contribution in [2.45, 2.75) is 52.7 Å². The standard InChI is InChI=1S/C16H26N2O4S/c1-6-16(4,5)17-15(19)11-23(20,21)18-13-7-9-14(10-8-13)22-12(2)3/h7-10,12,18H,6,11H2,1-5H3,(H,17,19). The third-order valence-electron chi connectivity index (χ3n) is 3.18. The average molecular weight is 342 g/mol. The van der Waals surface area contributed by atoms with Gasteiger partial charge in [-0.2, -0.15) is 0 Å². The van der Waals surface area contributed by atoms with Crippen molar-refractivity contribution < 1.29 is 17.9 Å². The van der Waals surface area contributed by atoms with Crippen molar-refractivity contribution >= 4 is 21.6 Å². The molecule has 0 aliphatic carbocycles. The lowest BCUT2D eigenvalue weighted by atomic mass is 10.0. The summed E-state index contributed by atoms with van der Waals surface area (Å²) in [7, 11) is -3.75. The molecule has 1 amide bonds. The number of sulfonamides is 1. The van der Waals surface area contributed by atoms with Crippen molar-refractivity contribution in [3.8, 4) is 5.75 Å². The summed E-state index contributed by atoms with van der Waals surface area (Å²) in [5.41, 5.74) is -0.0359. The Kier molecular flexibility index (Phi) is 6.44. The number of rotatable bonds is 8. The van der Waals surface area contributed by atoms with Crippen LogP contribution in [0.15, 0.2) is 24.3 Å². The zero-order valence-electron chi connectivity index (χ0n) is 14.3. The topological polar surface area (TPSA) is 84.5 Å². The molecule has 23 heavy (non-hydrogen) atoms. The monoisotopic (exact) mass is 342 g/mol. The van der Waals surface area contributed by atoms with Crippen molar-refractivity contribution in [3.63, 3.8) is 0 Å². The van der Waals surface area contributed by atoms with Crippen LogP contribution in [0.3, 0.4) is 0 Å². The van der Waals surface area contributed by atoms with E-state index in [1.165, 1.54) is 0 Å². The Bertz CT molecular complexity index is 622. The maximum Gasteiger partial charge on any atom is 0.241 e. The van der Waals surface area contributed by atoms with Crippen LogP contribution in [-0.2, 0) is 14.8 Å². The summed E-state index contributed by atoms with van der Waals surface area (Å²) >= 11 is 0. The first-order chi connectivity index (χ1) is 10.5. The number of carbonyl (C=O) groups is 1. The van der Waals surface area contributed by atoms with Crippen molar-refractivity contribution in [2.24, 2.45) is 0 Å². The fourth-order valence-electron chi connectivity index (χ4n) is 1.76. The number of ether oxygens (including phenoxy) is 1. The Balaban J connectivity index is 2.66. The first-order valence-electron chi connectivity index (χ1n) is 7.61. The molecule has 0 bridgehead atoms. The molecule has 0 heterocycles. The number of carbonyl (C=O) groups excluding carboxylic acids is 1. The van der Waals surface area contributed by atoms with E-state index in [-0.39, 0.29) is 6.10 Å². The highest BCUT2D eigenvalue weighted by atomic mass is 32.2. The van der Waals surface area contributed by atoms with Gasteiger partial charge in [-0.1, -0.05) is 6.92 Å². The molecular formula is C16H26N2O4S. The highest BCUT2D eigenvalue weighted by Gasteiger charge is 2.22. The fraction of sp³-hybridized carbons (Fsp3) is 0.562. The minimum Gasteiger partial charge on any atom is -0.491 e. The van der Waals surface area contributed by atoms with Crippen molar-refractivity contribution in [2.75, 3.05) is 10.5 Å². The zero-order valence-corrected chi connectivity index (χ0v) is 15.2. The third kappa shape index (κ3) is 7.36. The average Bonchev–Trinajstić information content (AvgIpc) is 2.38. The molecule has 0 unspecified atom stereocenters.